The number of carboxylic acid groups (broad SMARTS) is 1. The molecule has 1 unspecified atom stereocenters. The van der Waals surface area contributed by atoms with Crippen LogP contribution in [0.4, 0.5) is 4.39 Å². The summed E-state index contributed by atoms with van der Waals surface area (Å²) in [6.45, 7) is 3.79. The van der Waals surface area contributed by atoms with E-state index in [-0.39, 0.29) is 28.9 Å². The van der Waals surface area contributed by atoms with Gasteiger partial charge in [0.15, 0.2) is 11.5 Å². The van der Waals surface area contributed by atoms with Crippen molar-refractivity contribution in [2.45, 2.75) is 20.3 Å². The van der Waals surface area contributed by atoms with E-state index in [1.165, 1.54) is 18.3 Å². The minimum atomic E-state index is -0.973. The molecule has 25 heavy (non-hydrogen) atoms. The lowest BCUT2D eigenvalue weighted by atomic mass is 9.97. The van der Waals surface area contributed by atoms with Crippen LogP contribution in [-0.2, 0) is 4.79 Å². The van der Waals surface area contributed by atoms with Crippen molar-refractivity contribution >= 4 is 23.5 Å². The molecule has 0 aliphatic heterocycles. The van der Waals surface area contributed by atoms with Crippen molar-refractivity contribution in [3.05, 3.63) is 40.9 Å². The first-order valence-electron chi connectivity index (χ1n) is 7.67. The Labute approximate surface area is 148 Å². The van der Waals surface area contributed by atoms with Gasteiger partial charge in [0.05, 0.1) is 17.1 Å². The lowest BCUT2D eigenvalue weighted by molar-refractivity contribution is -0.142. The van der Waals surface area contributed by atoms with Gasteiger partial charge in [-0.1, -0.05) is 36.7 Å². The van der Waals surface area contributed by atoms with Crippen molar-refractivity contribution < 1.29 is 19.1 Å². The minimum absolute atomic E-state index is 0.0231. The normalized spacial score (nSPS) is 12.2. The third-order valence-electron chi connectivity index (χ3n) is 3.52. The Balaban J connectivity index is 2.07. The molecule has 0 bridgehead atoms. The maximum Gasteiger partial charge on any atom is 0.308 e. The second-order valence-electron chi connectivity index (χ2n) is 6.00. The maximum absolute atomic E-state index is 14.0. The van der Waals surface area contributed by atoms with Gasteiger partial charge in [0.1, 0.15) is 5.69 Å². The molecule has 2 N–H and O–H groups in total. The van der Waals surface area contributed by atoms with Gasteiger partial charge in [0.2, 0.25) is 0 Å². The highest BCUT2D eigenvalue weighted by atomic mass is 35.5. The number of amides is 1. The van der Waals surface area contributed by atoms with Gasteiger partial charge in [-0.2, -0.15) is 0 Å². The quantitative estimate of drug-likeness (QED) is 0.782. The van der Waals surface area contributed by atoms with Crippen LogP contribution in [-0.4, -0.2) is 38.5 Å². The minimum Gasteiger partial charge on any atom is -0.481 e. The zero-order valence-corrected chi connectivity index (χ0v) is 14.5. The Morgan fingerprint density at radius 2 is 2.12 bits per heavy atom. The summed E-state index contributed by atoms with van der Waals surface area (Å²) in [5, 5.41) is 19.0. The van der Waals surface area contributed by atoms with E-state index >= 15 is 0 Å². The Morgan fingerprint density at radius 3 is 2.76 bits per heavy atom. The van der Waals surface area contributed by atoms with Crippen LogP contribution in [0.2, 0.25) is 5.02 Å². The molecule has 9 heteroatoms. The van der Waals surface area contributed by atoms with Crippen LogP contribution in [0.15, 0.2) is 24.4 Å². The highest BCUT2D eigenvalue weighted by Gasteiger charge is 2.21. The average Bonchev–Trinajstić information content (AvgIpc) is 3.03. The fourth-order valence-corrected chi connectivity index (χ4v) is 2.47. The second-order valence-corrected chi connectivity index (χ2v) is 6.40. The van der Waals surface area contributed by atoms with Crippen LogP contribution in [0.25, 0.3) is 5.69 Å². The van der Waals surface area contributed by atoms with Crippen molar-refractivity contribution in [1.29, 1.82) is 0 Å². The molecule has 0 spiro atoms. The first kappa shape index (κ1) is 18.9. The van der Waals surface area contributed by atoms with Gasteiger partial charge >= 0.3 is 5.97 Å². The van der Waals surface area contributed by atoms with E-state index in [9.17, 15) is 19.1 Å². The summed E-state index contributed by atoms with van der Waals surface area (Å²) in [6, 6.07) is 4.39. The maximum atomic E-state index is 14.0. The highest BCUT2D eigenvalue weighted by Crippen LogP contribution is 2.20. The number of rotatable bonds is 7. The van der Waals surface area contributed by atoms with Crippen LogP contribution < -0.4 is 5.32 Å². The van der Waals surface area contributed by atoms with Gasteiger partial charge in [-0.05, 0) is 24.5 Å². The van der Waals surface area contributed by atoms with Crippen LogP contribution in [0, 0.1) is 17.7 Å². The largest absolute Gasteiger partial charge is 0.481 e. The van der Waals surface area contributed by atoms with Crippen LogP contribution in [0.5, 0.6) is 0 Å². The average molecular weight is 369 g/mol. The van der Waals surface area contributed by atoms with E-state index in [0.717, 1.165) is 4.68 Å². The third kappa shape index (κ3) is 4.76. The number of aromatic nitrogens is 3. The molecule has 2 aromatic rings. The molecule has 1 heterocycles. The highest BCUT2D eigenvalue weighted by molar-refractivity contribution is 6.30. The molecular weight excluding hydrogens is 351 g/mol. The van der Waals surface area contributed by atoms with Gasteiger partial charge in [0, 0.05) is 6.54 Å². The van der Waals surface area contributed by atoms with E-state index in [2.05, 4.69) is 15.6 Å². The Hall–Kier alpha value is -2.48. The molecule has 134 valence electrons. The summed E-state index contributed by atoms with van der Waals surface area (Å²) in [6.07, 6.45) is 1.69. The topological polar surface area (TPSA) is 97.1 Å². The molecular formula is C16H18ClFN4O3. The fraction of sp³-hybridized carbons (Fsp3) is 0.375. The van der Waals surface area contributed by atoms with Crippen molar-refractivity contribution in [2.75, 3.05) is 6.54 Å². The summed E-state index contributed by atoms with van der Waals surface area (Å²) in [5.41, 5.74) is 0.00957. The SMILES string of the molecule is CC(C)CC(CNC(=O)c1cn(-c2cccc(Cl)c2F)nn1)C(=O)O. The van der Waals surface area contributed by atoms with Gasteiger partial charge in [0.25, 0.3) is 5.91 Å². The van der Waals surface area contributed by atoms with Gasteiger partial charge in [-0.3, -0.25) is 9.59 Å². The molecule has 0 radical (unpaired) electrons. The third-order valence-corrected chi connectivity index (χ3v) is 3.81. The molecule has 1 aromatic heterocycles. The first-order valence-corrected chi connectivity index (χ1v) is 8.05. The number of nitrogens with zero attached hydrogens (tertiary/aromatic N) is 3. The van der Waals surface area contributed by atoms with Crippen molar-refractivity contribution in [1.82, 2.24) is 20.3 Å². The van der Waals surface area contributed by atoms with Crippen molar-refractivity contribution in [2.24, 2.45) is 11.8 Å². The number of aliphatic carboxylic acids is 1. The molecule has 1 atom stereocenters. The van der Waals surface area contributed by atoms with Gasteiger partial charge < -0.3 is 10.4 Å². The molecule has 1 amide bonds. The molecule has 0 fully saturated rings. The van der Waals surface area contributed by atoms with Crippen LogP contribution in [0.1, 0.15) is 30.8 Å². The summed E-state index contributed by atoms with van der Waals surface area (Å²) in [4.78, 5) is 23.3. The molecule has 1 aromatic carbocycles. The predicted molar refractivity (Wildman–Crippen MR) is 89.2 cm³/mol. The number of hydrogen-bond acceptors (Lipinski definition) is 4. The summed E-state index contributed by atoms with van der Waals surface area (Å²) < 4.78 is 15.1. The standard InChI is InChI=1S/C16H18ClFN4O3/c1-9(2)6-10(16(24)25)7-19-15(23)12-8-22(21-20-12)13-5-3-4-11(17)14(13)18/h3-5,8-10H,6-7H2,1-2H3,(H,19,23)(H,24,25). The first-order chi connectivity index (χ1) is 11.8. The smallest absolute Gasteiger partial charge is 0.308 e. The van der Waals surface area contributed by atoms with Gasteiger partial charge in [-0.25, -0.2) is 9.07 Å². The van der Waals surface area contributed by atoms with Crippen molar-refractivity contribution in [3.8, 4) is 5.69 Å². The van der Waals surface area contributed by atoms with Crippen molar-refractivity contribution in [3.63, 3.8) is 0 Å². The fourth-order valence-electron chi connectivity index (χ4n) is 2.30. The molecule has 7 nitrogen and oxygen atoms in total. The van der Waals surface area contributed by atoms with Gasteiger partial charge in [-0.15, -0.1) is 5.10 Å². The second kappa shape index (κ2) is 8.06. The monoisotopic (exact) mass is 368 g/mol. The number of benzene rings is 1. The lowest BCUT2D eigenvalue weighted by Crippen LogP contribution is -2.33. The van der Waals surface area contributed by atoms with Crippen LogP contribution >= 0.6 is 11.6 Å². The lowest BCUT2D eigenvalue weighted by Gasteiger charge is -2.14. The van der Waals surface area contributed by atoms with E-state index in [0.29, 0.717) is 6.42 Å². The summed E-state index contributed by atoms with van der Waals surface area (Å²) in [5.74, 6) is -2.74. The van der Waals surface area contributed by atoms with Crippen LogP contribution in [0.3, 0.4) is 0 Å². The predicted octanol–water partition coefficient (Wildman–Crippen LogP) is 2.54. The number of nitrogens with one attached hydrogen (secondary N) is 1. The van der Waals surface area contributed by atoms with E-state index in [4.69, 9.17) is 11.6 Å². The summed E-state index contributed by atoms with van der Waals surface area (Å²) >= 11 is 5.72. The molecule has 0 saturated carbocycles. The molecule has 0 aliphatic rings. The Bertz CT molecular complexity index is 778. The number of hydrogen-bond donors (Lipinski definition) is 2. The Morgan fingerprint density at radius 1 is 1.40 bits per heavy atom. The van der Waals surface area contributed by atoms with E-state index < -0.39 is 23.6 Å². The zero-order chi connectivity index (χ0) is 18.6. The van der Waals surface area contributed by atoms with E-state index in [1.54, 1.807) is 6.07 Å². The van der Waals surface area contributed by atoms with E-state index in [1.807, 2.05) is 13.8 Å². The molecule has 0 saturated heterocycles. The number of carboxylic acids is 1. The molecule has 2 rings (SSSR count). The Kier molecular flexibility index (Phi) is 6.08. The number of carbonyl (C=O) groups is 2. The summed E-state index contributed by atoms with van der Waals surface area (Å²) in [7, 11) is 0. The number of halogens is 2. The number of carbonyl (C=O) groups excluding carboxylic acids is 1. The molecule has 0 aliphatic carbocycles. The zero-order valence-electron chi connectivity index (χ0n) is 13.7.